The van der Waals surface area contributed by atoms with Gasteiger partial charge in [-0.1, -0.05) is 61.5 Å². The zero-order chi connectivity index (χ0) is 20.8. The molecular weight excluding hydrogens is 378 g/mol. The van der Waals surface area contributed by atoms with Gasteiger partial charge in [0.15, 0.2) is 0 Å². The van der Waals surface area contributed by atoms with Crippen LogP contribution in [0, 0.1) is 5.92 Å². The Hall–Kier alpha value is -3.85. The number of hydrogen-bond donors (Lipinski definition) is 0. The first-order chi connectivity index (χ1) is 15.3. The van der Waals surface area contributed by atoms with Crippen molar-refractivity contribution in [2.75, 3.05) is 0 Å². The molecule has 0 amide bonds. The largest absolute Gasteiger partial charge is 0.309 e. The number of aromatic nitrogens is 3. The van der Waals surface area contributed by atoms with Crippen LogP contribution in [0.4, 0.5) is 0 Å². The zero-order valence-corrected chi connectivity index (χ0v) is 17.4. The van der Waals surface area contributed by atoms with E-state index in [0.717, 1.165) is 17.9 Å². The molecule has 2 aromatic heterocycles. The van der Waals surface area contributed by atoms with Crippen LogP contribution < -0.4 is 0 Å². The molecule has 1 unspecified atom stereocenters. The maximum atomic E-state index is 4.72. The summed E-state index contributed by atoms with van der Waals surface area (Å²) in [6.07, 6.45) is 11.6. The Kier molecular flexibility index (Phi) is 4.13. The van der Waals surface area contributed by atoms with Crippen molar-refractivity contribution in [2.45, 2.75) is 13.3 Å². The van der Waals surface area contributed by atoms with Crippen molar-refractivity contribution >= 4 is 27.4 Å². The highest BCUT2D eigenvalue weighted by Crippen LogP contribution is 2.35. The average molecular weight is 402 g/mol. The van der Waals surface area contributed by atoms with Crippen molar-refractivity contribution < 1.29 is 0 Å². The van der Waals surface area contributed by atoms with E-state index in [9.17, 15) is 0 Å². The highest BCUT2D eigenvalue weighted by atomic mass is 15.1. The monoisotopic (exact) mass is 401 g/mol. The van der Waals surface area contributed by atoms with Gasteiger partial charge in [-0.15, -0.1) is 0 Å². The minimum atomic E-state index is 0.467. The van der Waals surface area contributed by atoms with Crippen molar-refractivity contribution in [1.82, 2.24) is 14.1 Å². The fourth-order valence-electron chi connectivity index (χ4n) is 4.73. The predicted octanol–water partition coefficient (Wildman–Crippen LogP) is 6.95. The van der Waals surface area contributed by atoms with Crippen molar-refractivity contribution in [3.05, 3.63) is 109 Å². The summed E-state index contributed by atoms with van der Waals surface area (Å²) in [5.41, 5.74) is 6.04. The molecule has 6 rings (SSSR count). The minimum Gasteiger partial charge on any atom is -0.309 e. The normalized spacial score (nSPS) is 16.2. The summed E-state index contributed by atoms with van der Waals surface area (Å²) in [7, 11) is 0. The van der Waals surface area contributed by atoms with Gasteiger partial charge in [0.2, 0.25) is 0 Å². The van der Waals surface area contributed by atoms with Crippen LogP contribution in [0.25, 0.3) is 38.8 Å². The standard InChI is InChI=1S/C28H23N3/c1-20-9-5-6-12-23(20)28-29-17-18-30(28)22-15-16-27-25(19-22)24-13-7-8-14-26(24)31(27)21-10-3-2-4-11-21/h2-8,10-20H,9H2,1H3. The Balaban J connectivity index is 1.58. The molecule has 0 N–H and O–H groups in total. The zero-order valence-electron chi connectivity index (χ0n) is 17.4. The molecule has 0 saturated heterocycles. The summed E-state index contributed by atoms with van der Waals surface area (Å²) in [5.74, 6) is 1.50. The van der Waals surface area contributed by atoms with Crippen LogP contribution in [0.1, 0.15) is 19.2 Å². The molecule has 3 nitrogen and oxygen atoms in total. The van der Waals surface area contributed by atoms with Crippen LogP contribution in [0.2, 0.25) is 0 Å². The van der Waals surface area contributed by atoms with Gasteiger partial charge in [0, 0.05) is 34.5 Å². The summed E-state index contributed by atoms with van der Waals surface area (Å²) in [5, 5.41) is 2.51. The Bertz CT molecular complexity index is 1460. The van der Waals surface area contributed by atoms with Gasteiger partial charge in [-0.25, -0.2) is 4.98 Å². The Morgan fingerprint density at radius 1 is 0.839 bits per heavy atom. The van der Waals surface area contributed by atoms with E-state index in [4.69, 9.17) is 4.98 Å². The molecule has 3 heteroatoms. The summed E-state index contributed by atoms with van der Waals surface area (Å²) >= 11 is 0. The van der Waals surface area contributed by atoms with E-state index in [2.05, 4.69) is 113 Å². The fraction of sp³-hybridized carbons (Fsp3) is 0.107. The van der Waals surface area contributed by atoms with Crippen molar-refractivity contribution in [1.29, 1.82) is 0 Å². The molecule has 5 aromatic rings. The quantitative estimate of drug-likeness (QED) is 0.321. The first-order valence-corrected chi connectivity index (χ1v) is 10.8. The first kappa shape index (κ1) is 18.0. The summed E-state index contributed by atoms with van der Waals surface area (Å²) in [6, 6.07) is 26.0. The lowest BCUT2D eigenvalue weighted by Crippen LogP contribution is -2.07. The van der Waals surface area contributed by atoms with Crippen LogP contribution in [0.5, 0.6) is 0 Å². The number of fused-ring (bicyclic) bond motifs is 3. The number of para-hydroxylation sites is 2. The molecule has 0 radical (unpaired) electrons. The Morgan fingerprint density at radius 3 is 2.52 bits per heavy atom. The van der Waals surface area contributed by atoms with Crippen LogP contribution >= 0.6 is 0 Å². The molecule has 0 saturated carbocycles. The van der Waals surface area contributed by atoms with Crippen LogP contribution in [-0.4, -0.2) is 14.1 Å². The molecule has 3 aromatic carbocycles. The second kappa shape index (κ2) is 7.13. The number of allylic oxidation sites excluding steroid dienone is 4. The summed E-state index contributed by atoms with van der Waals surface area (Å²) < 4.78 is 4.56. The molecule has 0 aliphatic heterocycles. The third-order valence-corrected chi connectivity index (χ3v) is 6.28. The maximum absolute atomic E-state index is 4.72. The second-order valence-corrected chi connectivity index (χ2v) is 8.20. The molecule has 150 valence electrons. The maximum Gasteiger partial charge on any atom is 0.140 e. The molecule has 2 heterocycles. The highest BCUT2D eigenvalue weighted by Gasteiger charge is 2.18. The Labute approximate surface area is 181 Å². The Morgan fingerprint density at radius 2 is 1.65 bits per heavy atom. The molecule has 31 heavy (non-hydrogen) atoms. The molecular formula is C28H23N3. The molecule has 1 aliphatic carbocycles. The van der Waals surface area contributed by atoms with E-state index in [1.165, 1.54) is 33.1 Å². The van der Waals surface area contributed by atoms with Gasteiger partial charge < -0.3 is 9.13 Å². The number of rotatable bonds is 3. The fourth-order valence-corrected chi connectivity index (χ4v) is 4.73. The van der Waals surface area contributed by atoms with Gasteiger partial charge in [0.1, 0.15) is 5.82 Å². The van der Waals surface area contributed by atoms with E-state index >= 15 is 0 Å². The third-order valence-electron chi connectivity index (χ3n) is 6.28. The molecule has 0 spiro atoms. The lowest BCUT2D eigenvalue weighted by molar-refractivity contribution is 0.745. The molecule has 0 fully saturated rings. The third kappa shape index (κ3) is 2.85. The SMILES string of the molecule is CC1CC=CC=C1c1nccn1-c1ccc2c(c1)c1ccccc1n2-c1ccccc1. The van der Waals surface area contributed by atoms with E-state index in [0.29, 0.717) is 5.92 Å². The van der Waals surface area contributed by atoms with Crippen LogP contribution in [-0.2, 0) is 0 Å². The van der Waals surface area contributed by atoms with Crippen molar-refractivity contribution in [2.24, 2.45) is 5.92 Å². The van der Waals surface area contributed by atoms with Gasteiger partial charge in [-0.3, -0.25) is 0 Å². The lowest BCUT2D eigenvalue weighted by Gasteiger charge is -2.18. The summed E-state index contributed by atoms with van der Waals surface area (Å²) in [6.45, 7) is 2.27. The van der Waals surface area contributed by atoms with Gasteiger partial charge >= 0.3 is 0 Å². The smallest absolute Gasteiger partial charge is 0.140 e. The van der Waals surface area contributed by atoms with Crippen molar-refractivity contribution in [3.8, 4) is 11.4 Å². The average Bonchev–Trinajstić information content (AvgIpc) is 3.42. The summed E-state index contributed by atoms with van der Waals surface area (Å²) in [4.78, 5) is 4.72. The van der Waals surface area contributed by atoms with Gasteiger partial charge in [-0.2, -0.15) is 0 Å². The van der Waals surface area contributed by atoms with Gasteiger partial charge in [0.25, 0.3) is 0 Å². The van der Waals surface area contributed by atoms with E-state index in [-0.39, 0.29) is 0 Å². The van der Waals surface area contributed by atoms with Crippen LogP contribution in [0.15, 0.2) is 103 Å². The number of nitrogens with zero attached hydrogens (tertiary/aromatic N) is 3. The van der Waals surface area contributed by atoms with Gasteiger partial charge in [0.05, 0.1) is 11.0 Å². The number of imidazole rings is 1. The minimum absolute atomic E-state index is 0.467. The van der Waals surface area contributed by atoms with Gasteiger partial charge in [-0.05, 0) is 54.3 Å². The highest BCUT2D eigenvalue weighted by molar-refractivity contribution is 6.09. The van der Waals surface area contributed by atoms with E-state index in [1.807, 2.05) is 6.20 Å². The second-order valence-electron chi connectivity index (χ2n) is 8.20. The topological polar surface area (TPSA) is 22.8 Å². The lowest BCUT2D eigenvalue weighted by atomic mass is 9.92. The number of hydrogen-bond acceptors (Lipinski definition) is 1. The molecule has 1 aliphatic rings. The predicted molar refractivity (Wildman–Crippen MR) is 129 cm³/mol. The first-order valence-electron chi connectivity index (χ1n) is 10.8. The van der Waals surface area contributed by atoms with Crippen LogP contribution in [0.3, 0.4) is 0 Å². The molecule has 1 atom stereocenters. The van der Waals surface area contributed by atoms with E-state index in [1.54, 1.807) is 0 Å². The van der Waals surface area contributed by atoms with E-state index < -0.39 is 0 Å². The number of benzene rings is 3. The molecule has 0 bridgehead atoms. The van der Waals surface area contributed by atoms with Crippen molar-refractivity contribution in [3.63, 3.8) is 0 Å².